The summed E-state index contributed by atoms with van der Waals surface area (Å²) in [4.78, 5) is 81.2. The zero-order valence-electron chi connectivity index (χ0n) is 37.6. The SMILES string of the molecule is CCCN(C(=O)[C@@H](NC(=O)[C@H]1CCCCN1C)[C@@H](C)CC)[C@H](C[C@@H](OC(C)=O)c1nc(C(=O)N[C@H]2Cc3ccc(F)cc3[C@H](C(=O)NCCSSc3ccccn3)C2)cs1)C(C)C. The fraction of sp³-hybridized carbons (Fsp3) is 0.587. The third-order valence-corrected chi connectivity index (χ3v) is 15.2. The molecule has 7 atom stereocenters. The van der Waals surface area contributed by atoms with Crippen molar-refractivity contribution in [3.63, 3.8) is 0 Å². The number of rotatable bonds is 21. The molecule has 0 unspecified atom stereocenters. The smallest absolute Gasteiger partial charge is 0.303 e. The van der Waals surface area contributed by atoms with Gasteiger partial charge in [0.25, 0.3) is 5.91 Å². The molecule has 3 N–H and O–H groups in total. The first-order valence-electron chi connectivity index (χ1n) is 22.2. The fourth-order valence-corrected chi connectivity index (χ4v) is 11.0. The summed E-state index contributed by atoms with van der Waals surface area (Å²) in [6.07, 6.45) is 5.89. The van der Waals surface area contributed by atoms with E-state index in [1.807, 2.05) is 64.8 Å². The number of carbonyl (C=O) groups excluding carboxylic acids is 5. The standard InChI is InChI=1S/C46H64FN7O6S3/c1-8-20-54(46(59)41(29(5)9-2)52-44(58)37-14-11-13-21-53(37)7)38(28(3)4)26-39(60-30(6)55)45-51-36(27-61-45)43(57)50-33-23-31-16-17-32(47)24-34(31)35(25-33)42(56)49-19-22-62-63-40-15-10-12-18-48-40/h10,12,15-18,24,27-29,33,35,37-39,41H,8-9,11,13-14,19-23,25-26H2,1-7H3,(H,49,56)(H,50,57)(H,52,58)/t29-,33-,35+,37+,38+,39+,41-/m0/s1. The van der Waals surface area contributed by atoms with Gasteiger partial charge in [-0.05, 0) is 104 Å². The average molecular weight is 926 g/mol. The Morgan fingerprint density at radius 3 is 2.56 bits per heavy atom. The van der Waals surface area contributed by atoms with Gasteiger partial charge in [-0.25, -0.2) is 14.4 Å². The van der Waals surface area contributed by atoms with E-state index >= 15 is 0 Å². The van der Waals surface area contributed by atoms with Gasteiger partial charge in [-0.1, -0.05) is 70.4 Å². The van der Waals surface area contributed by atoms with Gasteiger partial charge in [0, 0.05) is 55.8 Å². The average Bonchev–Trinajstić information content (AvgIpc) is 3.76. The molecule has 4 amide bonds. The summed E-state index contributed by atoms with van der Waals surface area (Å²) in [6, 6.07) is 8.27. The van der Waals surface area contributed by atoms with Crippen molar-refractivity contribution >= 4 is 62.5 Å². The van der Waals surface area contributed by atoms with E-state index in [-0.39, 0.29) is 54.1 Å². The van der Waals surface area contributed by atoms with Gasteiger partial charge >= 0.3 is 5.97 Å². The van der Waals surface area contributed by atoms with Crippen LogP contribution in [0.3, 0.4) is 0 Å². The molecule has 344 valence electrons. The molecule has 2 aliphatic rings. The van der Waals surface area contributed by atoms with E-state index in [2.05, 4.69) is 30.8 Å². The van der Waals surface area contributed by atoms with Gasteiger partial charge in [0.15, 0.2) is 6.10 Å². The molecule has 2 aromatic heterocycles. The number of nitrogens with one attached hydrogen (secondary N) is 3. The van der Waals surface area contributed by atoms with Crippen LogP contribution in [-0.4, -0.2) is 106 Å². The van der Waals surface area contributed by atoms with Gasteiger partial charge in [0.1, 0.15) is 27.6 Å². The molecular weight excluding hydrogens is 862 g/mol. The van der Waals surface area contributed by atoms with Crippen LogP contribution in [0.2, 0.25) is 0 Å². The number of hydrogen-bond acceptors (Lipinski definition) is 12. The third kappa shape index (κ3) is 14.0. The van der Waals surface area contributed by atoms with E-state index < -0.39 is 47.8 Å². The Bertz CT molecular complexity index is 2010. The maximum absolute atomic E-state index is 14.7. The van der Waals surface area contributed by atoms with Gasteiger partial charge in [-0.2, -0.15) is 0 Å². The van der Waals surface area contributed by atoms with Crippen molar-refractivity contribution < 1.29 is 33.1 Å². The van der Waals surface area contributed by atoms with E-state index in [1.54, 1.807) is 28.4 Å². The lowest BCUT2D eigenvalue weighted by Gasteiger charge is -2.40. The number of likely N-dealkylation sites (N-methyl/N-ethyl adjacent to an activating group) is 1. The molecule has 0 bridgehead atoms. The summed E-state index contributed by atoms with van der Waals surface area (Å²) in [7, 11) is 5.05. The molecule has 1 aromatic carbocycles. The first-order valence-corrected chi connectivity index (χ1v) is 25.4. The number of carbonyl (C=O) groups is 5. The number of piperidine rings is 1. The molecule has 0 saturated carbocycles. The highest BCUT2D eigenvalue weighted by Crippen LogP contribution is 2.35. The molecule has 17 heteroatoms. The number of ether oxygens (including phenoxy) is 1. The monoisotopic (exact) mass is 925 g/mol. The second-order valence-corrected chi connectivity index (χ2v) is 20.3. The number of fused-ring (bicyclic) bond motifs is 1. The normalized spacial score (nSPS) is 19.5. The topological polar surface area (TPSA) is 163 Å². The minimum atomic E-state index is -0.855. The molecule has 0 spiro atoms. The van der Waals surface area contributed by atoms with Crippen molar-refractivity contribution in [1.82, 2.24) is 35.7 Å². The lowest BCUT2D eigenvalue weighted by atomic mass is 9.79. The Morgan fingerprint density at radius 2 is 1.87 bits per heavy atom. The predicted molar refractivity (Wildman–Crippen MR) is 248 cm³/mol. The number of thiazole rings is 1. The molecule has 1 aliphatic carbocycles. The predicted octanol–water partition coefficient (Wildman–Crippen LogP) is 7.34. The van der Waals surface area contributed by atoms with Crippen LogP contribution in [0.5, 0.6) is 0 Å². The van der Waals surface area contributed by atoms with Crippen LogP contribution in [0.4, 0.5) is 4.39 Å². The van der Waals surface area contributed by atoms with Crippen LogP contribution < -0.4 is 16.0 Å². The van der Waals surface area contributed by atoms with E-state index in [0.717, 1.165) is 36.4 Å². The number of nitrogens with zero attached hydrogens (tertiary/aromatic N) is 4. The number of hydrogen-bond donors (Lipinski definition) is 3. The number of amides is 4. The van der Waals surface area contributed by atoms with E-state index in [9.17, 15) is 28.4 Å². The summed E-state index contributed by atoms with van der Waals surface area (Å²) >= 11 is 1.20. The van der Waals surface area contributed by atoms with Gasteiger partial charge in [-0.15, -0.1) is 11.3 Å². The first-order chi connectivity index (χ1) is 30.2. The number of likely N-dealkylation sites (tertiary alicyclic amines) is 1. The molecule has 1 fully saturated rings. The minimum absolute atomic E-state index is 0.0592. The number of esters is 1. The van der Waals surface area contributed by atoms with Crippen LogP contribution in [0.25, 0.3) is 0 Å². The van der Waals surface area contributed by atoms with Crippen molar-refractivity contribution in [3.05, 3.63) is 75.6 Å². The highest BCUT2D eigenvalue weighted by atomic mass is 33.1. The van der Waals surface area contributed by atoms with Crippen molar-refractivity contribution in [3.8, 4) is 0 Å². The maximum Gasteiger partial charge on any atom is 0.303 e. The lowest BCUT2D eigenvalue weighted by Crippen LogP contribution is -2.58. The molecule has 1 saturated heterocycles. The fourth-order valence-electron chi connectivity index (χ4n) is 8.41. The molecule has 5 rings (SSSR count). The molecule has 3 heterocycles. The zero-order valence-corrected chi connectivity index (χ0v) is 40.0. The third-order valence-electron chi connectivity index (χ3n) is 11.9. The van der Waals surface area contributed by atoms with Crippen molar-refractivity contribution in [2.45, 2.75) is 134 Å². The lowest BCUT2D eigenvalue weighted by molar-refractivity contribution is -0.149. The summed E-state index contributed by atoms with van der Waals surface area (Å²) < 4.78 is 20.4. The second-order valence-electron chi connectivity index (χ2n) is 17.0. The van der Waals surface area contributed by atoms with Crippen LogP contribution in [-0.2, 0) is 30.3 Å². The molecule has 0 radical (unpaired) electrons. The van der Waals surface area contributed by atoms with Crippen molar-refractivity contribution in [2.75, 3.05) is 32.4 Å². The Balaban J connectivity index is 1.28. The van der Waals surface area contributed by atoms with Gasteiger partial charge in [0.05, 0.1) is 12.0 Å². The maximum atomic E-state index is 14.7. The number of halogens is 1. The first kappa shape index (κ1) is 49.9. The molecule has 1 aliphatic heterocycles. The Hall–Kier alpha value is -4.06. The molecule has 63 heavy (non-hydrogen) atoms. The number of aromatic nitrogens is 2. The van der Waals surface area contributed by atoms with E-state index in [1.165, 1.54) is 41.2 Å². The van der Waals surface area contributed by atoms with Gasteiger partial charge in [0.2, 0.25) is 17.7 Å². The summed E-state index contributed by atoms with van der Waals surface area (Å²) in [5.74, 6) is -2.16. The minimum Gasteiger partial charge on any atom is -0.455 e. The number of pyridine rings is 1. The van der Waals surface area contributed by atoms with Gasteiger partial charge in [-0.3, -0.25) is 28.9 Å². The molecule has 13 nitrogen and oxygen atoms in total. The largest absolute Gasteiger partial charge is 0.455 e. The molecular formula is C46H64FN7O6S3. The highest BCUT2D eigenvalue weighted by molar-refractivity contribution is 8.76. The van der Waals surface area contributed by atoms with Crippen molar-refractivity contribution in [1.29, 1.82) is 0 Å². The van der Waals surface area contributed by atoms with Gasteiger partial charge < -0.3 is 25.6 Å². The van der Waals surface area contributed by atoms with Crippen molar-refractivity contribution in [2.24, 2.45) is 11.8 Å². The second kappa shape index (κ2) is 24.3. The Kier molecular flexibility index (Phi) is 19.3. The Morgan fingerprint density at radius 1 is 1.08 bits per heavy atom. The zero-order chi connectivity index (χ0) is 45.6. The number of benzene rings is 1. The summed E-state index contributed by atoms with van der Waals surface area (Å²) in [6.45, 7) is 13.0. The highest BCUT2D eigenvalue weighted by Gasteiger charge is 2.39. The summed E-state index contributed by atoms with van der Waals surface area (Å²) in [5, 5.41) is 12.1. The van der Waals surface area contributed by atoms with Crippen LogP contribution in [0.1, 0.15) is 125 Å². The quantitative estimate of drug-likeness (QED) is 0.0557. The van der Waals surface area contributed by atoms with Crippen LogP contribution in [0, 0.1) is 17.7 Å². The molecule has 3 aromatic rings. The summed E-state index contributed by atoms with van der Waals surface area (Å²) in [5.41, 5.74) is 1.53. The van der Waals surface area contributed by atoms with E-state index in [4.69, 9.17) is 4.74 Å². The Labute approximate surface area is 383 Å². The van der Waals surface area contributed by atoms with E-state index in [0.29, 0.717) is 48.7 Å². The van der Waals surface area contributed by atoms with Crippen LogP contribution in [0.15, 0.2) is 53.0 Å². The van der Waals surface area contributed by atoms with Crippen LogP contribution >= 0.6 is 32.9 Å².